The van der Waals surface area contributed by atoms with E-state index in [4.69, 9.17) is 0 Å². The Labute approximate surface area is 139 Å². The number of aromatic nitrogens is 4. The van der Waals surface area contributed by atoms with Crippen molar-refractivity contribution in [1.29, 1.82) is 0 Å². The summed E-state index contributed by atoms with van der Waals surface area (Å²) in [5.41, 5.74) is 1.22. The van der Waals surface area contributed by atoms with Crippen LogP contribution in [-0.2, 0) is 0 Å². The van der Waals surface area contributed by atoms with E-state index in [0.29, 0.717) is 24.0 Å². The Kier molecular flexibility index (Phi) is 3.78. The maximum absolute atomic E-state index is 13.0. The highest BCUT2D eigenvalue weighted by Gasteiger charge is 2.29. The van der Waals surface area contributed by atoms with Gasteiger partial charge in [0.15, 0.2) is 5.82 Å². The van der Waals surface area contributed by atoms with E-state index in [1.54, 1.807) is 40.4 Å². The molecule has 3 heterocycles. The largest absolute Gasteiger partial charge is 0.305 e. The molecule has 0 bridgehead atoms. The van der Waals surface area contributed by atoms with E-state index < -0.39 is 0 Å². The number of carbonyl (C=O) groups excluding carboxylic acids is 1. The number of hydrogen-bond acceptors (Lipinski definition) is 4. The molecule has 6 heteroatoms. The summed E-state index contributed by atoms with van der Waals surface area (Å²) in [6, 6.07) is 11.0. The third-order valence-electron chi connectivity index (χ3n) is 4.03. The Morgan fingerprint density at radius 1 is 1.17 bits per heavy atom. The Bertz CT molecular complexity index is 828. The molecule has 3 aromatic heterocycles. The number of anilines is 1. The van der Waals surface area contributed by atoms with Crippen LogP contribution in [0.25, 0.3) is 5.82 Å². The molecule has 0 saturated heterocycles. The zero-order valence-electron chi connectivity index (χ0n) is 13.1. The maximum atomic E-state index is 13.0. The van der Waals surface area contributed by atoms with Gasteiger partial charge >= 0.3 is 0 Å². The lowest BCUT2D eigenvalue weighted by Crippen LogP contribution is -2.33. The Hall–Kier alpha value is -3.02. The second-order valence-corrected chi connectivity index (χ2v) is 5.90. The molecule has 1 aliphatic carbocycles. The highest BCUT2D eigenvalue weighted by atomic mass is 16.2. The van der Waals surface area contributed by atoms with Crippen molar-refractivity contribution in [1.82, 2.24) is 19.7 Å². The van der Waals surface area contributed by atoms with Gasteiger partial charge in [-0.05, 0) is 49.1 Å². The van der Waals surface area contributed by atoms with E-state index in [1.165, 1.54) is 12.8 Å². The average Bonchev–Trinajstić information content (AvgIpc) is 3.29. The molecule has 3 aromatic rings. The van der Waals surface area contributed by atoms with E-state index in [2.05, 4.69) is 15.1 Å². The van der Waals surface area contributed by atoms with Crippen LogP contribution >= 0.6 is 0 Å². The Balaban J connectivity index is 1.66. The maximum Gasteiger partial charge on any atom is 0.277 e. The minimum absolute atomic E-state index is 0.107. The lowest BCUT2D eigenvalue weighted by Gasteiger charge is -2.22. The first-order chi connectivity index (χ1) is 11.8. The number of nitrogens with zero attached hydrogens (tertiary/aromatic N) is 5. The molecule has 1 amide bonds. The van der Waals surface area contributed by atoms with E-state index in [-0.39, 0.29) is 5.91 Å². The van der Waals surface area contributed by atoms with Crippen LogP contribution in [0.3, 0.4) is 0 Å². The summed E-state index contributed by atoms with van der Waals surface area (Å²) in [5, 5.41) is 4.17. The van der Waals surface area contributed by atoms with Crippen molar-refractivity contribution < 1.29 is 4.79 Å². The third kappa shape index (κ3) is 3.03. The fourth-order valence-electron chi connectivity index (χ4n) is 2.59. The van der Waals surface area contributed by atoms with Gasteiger partial charge in [0.05, 0.1) is 11.9 Å². The summed E-state index contributed by atoms with van der Waals surface area (Å²) in [6.45, 7) is 0.707. The standard InChI is InChI=1S/C18H17N5O/c24-18(16-5-1-6-17(21-16)23-11-3-10-20-23)22(13-14-7-8-14)15-4-2-9-19-12-15/h1-6,9-12,14H,7-8,13H2. The molecule has 6 nitrogen and oxygen atoms in total. The van der Waals surface area contributed by atoms with Gasteiger partial charge in [-0.25, -0.2) is 9.67 Å². The lowest BCUT2D eigenvalue weighted by molar-refractivity contribution is 0.0981. The molecular weight excluding hydrogens is 302 g/mol. The fraction of sp³-hybridized carbons (Fsp3) is 0.222. The van der Waals surface area contributed by atoms with Gasteiger partial charge < -0.3 is 4.90 Å². The van der Waals surface area contributed by atoms with Crippen LogP contribution in [0.5, 0.6) is 0 Å². The predicted molar refractivity (Wildman–Crippen MR) is 90.0 cm³/mol. The molecule has 1 saturated carbocycles. The van der Waals surface area contributed by atoms with Crippen LogP contribution in [0, 0.1) is 5.92 Å². The molecule has 1 aliphatic rings. The zero-order valence-corrected chi connectivity index (χ0v) is 13.1. The van der Waals surface area contributed by atoms with E-state index in [1.807, 2.05) is 30.3 Å². The van der Waals surface area contributed by atoms with Crippen LogP contribution in [0.2, 0.25) is 0 Å². The number of hydrogen-bond donors (Lipinski definition) is 0. The van der Waals surface area contributed by atoms with E-state index in [9.17, 15) is 4.79 Å². The normalized spacial score (nSPS) is 13.7. The van der Waals surface area contributed by atoms with Crippen molar-refractivity contribution >= 4 is 11.6 Å². The smallest absolute Gasteiger partial charge is 0.277 e. The highest BCUT2D eigenvalue weighted by Crippen LogP contribution is 2.31. The molecule has 0 N–H and O–H groups in total. The van der Waals surface area contributed by atoms with Crippen LogP contribution in [0.4, 0.5) is 5.69 Å². The average molecular weight is 319 g/mol. The minimum atomic E-state index is -0.107. The molecule has 0 radical (unpaired) electrons. The summed E-state index contributed by atoms with van der Waals surface area (Å²) in [7, 11) is 0. The van der Waals surface area contributed by atoms with Crippen molar-refractivity contribution in [2.75, 3.05) is 11.4 Å². The number of pyridine rings is 2. The fourth-order valence-corrected chi connectivity index (χ4v) is 2.59. The second-order valence-electron chi connectivity index (χ2n) is 5.90. The molecule has 0 aliphatic heterocycles. The van der Waals surface area contributed by atoms with Crippen LogP contribution in [0.15, 0.2) is 61.2 Å². The van der Waals surface area contributed by atoms with Crippen LogP contribution < -0.4 is 4.90 Å². The van der Waals surface area contributed by atoms with E-state index in [0.717, 1.165) is 5.69 Å². The molecule has 4 rings (SSSR count). The van der Waals surface area contributed by atoms with Crippen molar-refractivity contribution in [3.63, 3.8) is 0 Å². The number of rotatable bonds is 5. The van der Waals surface area contributed by atoms with Gasteiger partial charge in [-0.2, -0.15) is 5.10 Å². The molecular formula is C18H17N5O. The molecule has 24 heavy (non-hydrogen) atoms. The first kappa shape index (κ1) is 14.6. The summed E-state index contributed by atoms with van der Waals surface area (Å²) in [4.78, 5) is 23.4. The summed E-state index contributed by atoms with van der Waals surface area (Å²) >= 11 is 0. The van der Waals surface area contributed by atoms with Gasteiger partial charge in [0, 0.05) is 25.1 Å². The van der Waals surface area contributed by atoms with Crippen LogP contribution in [0.1, 0.15) is 23.3 Å². The van der Waals surface area contributed by atoms with Gasteiger partial charge in [0.1, 0.15) is 5.69 Å². The van der Waals surface area contributed by atoms with Crippen LogP contribution in [-0.4, -0.2) is 32.2 Å². The summed E-state index contributed by atoms with van der Waals surface area (Å²) in [5.74, 6) is 1.09. The van der Waals surface area contributed by atoms with Gasteiger partial charge in [-0.3, -0.25) is 9.78 Å². The van der Waals surface area contributed by atoms with Gasteiger partial charge in [0.2, 0.25) is 0 Å². The first-order valence-electron chi connectivity index (χ1n) is 8.00. The van der Waals surface area contributed by atoms with Gasteiger partial charge in [-0.1, -0.05) is 6.07 Å². The predicted octanol–water partition coefficient (Wildman–Crippen LogP) is 2.72. The van der Waals surface area contributed by atoms with Gasteiger partial charge in [-0.15, -0.1) is 0 Å². The molecule has 1 fully saturated rings. The van der Waals surface area contributed by atoms with Crippen molar-refractivity contribution in [2.45, 2.75) is 12.8 Å². The minimum Gasteiger partial charge on any atom is -0.305 e. The molecule has 0 unspecified atom stereocenters. The summed E-state index contributed by atoms with van der Waals surface area (Å²) in [6.07, 6.45) is 9.26. The first-order valence-corrected chi connectivity index (χ1v) is 8.00. The zero-order chi connectivity index (χ0) is 16.4. The lowest BCUT2D eigenvalue weighted by atomic mass is 10.2. The molecule has 0 aromatic carbocycles. The molecule has 0 atom stereocenters. The van der Waals surface area contributed by atoms with E-state index >= 15 is 0 Å². The van der Waals surface area contributed by atoms with Crippen molar-refractivity contribution in [3.05, 3.63) is 66.9 Å². The summed E-state index contributed by atoms with van der Waals surface area (Å²) < 4.78 is 1.64. The molecule has 120 valence electrons. The Morgan fingerprint density at radius 3 is 2.79 bits per heavy atom. The number of carbonyl (C=O) groups is 1. The number of amides is 1. The SMILES string of the molecule is O=C(c1cccc(-n2cccn2)n1)N(CC1CC1)c1cccnc1. The second kappa shape index (κ2) is 6.23. The van der Waals surface area contributed by atoms with Crippen molar-refractivity contribution in [2.24, 2.45) is 5.92 Å². The highest BCUT2D eigenvalue weighted by molar-refractivity contribution is 6.04. The van der Waals surface area contributed by atoms with Gasteiger partial charge in [0.25, 0.3) is 5.91 Å². The molecule has 0 spiro atoms. The third-order valence-corrected chi connectivity index (χ3v) is 4.03. The van der Waals surface area contributed by atoms with Crippen molar-refractivity contribution in [3.8, 4) is 5.82 Å². The Morgan fingerprint density at radius 2 is 2.08 bits per heavy atom. The topological polar surface area (TPSA) is 63.9 Å². The monoisotopic (exact) mass is 319 g/mol. The quantitative estimate of drug-likeness (QED) is 0.725.